The molecule has 1 aliphatic rings. The molecule has 3 rings (SSSR count). The van der Waals surface area contributed by atoms with Crippen molar-refractivity contribution in [3.63, 3.8) is 0 Å². The molecule has 0 aliphatic carbocycles. The standard InChI is InChI=1S/C18H19N3O2S/c1-13-6-7-14(11-19)10-18(13)24(22,23)21-12-17-16-5-3-2-4-15(16)8-9-20-17/h2-7,10,17,20-21H,8-9,12H2,1H3. The van der Waals surface area contributed by atoms with Crippen molar-refractivity contribution in [2.45, 2.75) is 24.3 Å². The summed E-state index contributed by atoms with van der Waals surface area (Å²) in [6.45, 7) is 2.83. The fourth-order valence-electron chi connectivity index (χ4n) is 3.00. The van der Waals surface area contributed by atoms with Crippen LogP contribution in [0.4, 0.5) is 0 Å². The van der Waals surface area contributed by atoms with E-state index >= 15 is 0 Å². The zero-order chi connectivity index (χ0) is 17.2. The zero-order valence-corrected chi connectivity index (χ0v) is 14.2. The zero-order valence-electron chi connectivity index (χ0n) is 13.4. The molecule has 6 heteroatoms. The Morgan fingerprint density at radius 3 is 2.88 bits per heavy atom. The number of nitrogens with one attached hydrogen (secondary N) is 2. The third-order valence-corrected chi connectivity index (χ3v) is 5.87. The van der Waals surface area contributed by atoms with Crippen molar-refractivity contribution in [1.82, 2.24) is 10.0 Å². The summed E-state index contributed by atoms with van der Waals surface area (Å²) in [5, 5.41) is 12.3. The molecule has 0 aromatic heterocycles. The second kappa shape index (κ2) is 6.73. The van der Waals surface area contributed by atoms with E-state index in [1.807, 2.05) is 24.3 Å². The van der Waals surface area contributed by atoms with Crippen LogP contribution in [0.3, 0.4) is 0 Å². The van der Waals surface area contributed by atoms with Gasteiger partial charge in [0.1, 0.15) is 0 Å². The van der Waals surface area contributed by atoms with Crippen LogP contribution in [-0.4, -0.2) is 21.5 Å². The smallest absolute Gasteiger partial charge is 0.240 e. The van der Waals surface area contributed by atoms with E-state index in [1.54, 1.807) is 19.1 Å². The van der Waals surface area contributed by atoms with Crippen molar-refractivity contribution in [1.29, 1.82) is 5.26 Å². The van der Waals surface area contributed by atoms with Crippen LogP contribution in [0.5, 0.6) is 0 Å². The third-order valence-electron chi connectivity index (χ3n) is 4.30. The largest absolute Gasteiger partial charge is 0.308 e. The molecule has 0 radical (unpaired) electrons. The molecular weight excluding hydrogens is 322 g/mol. The van der Waals surface area contributed by atoms with Crippen molar-refractivity contribution in [2.24, 2.45) is 0 Å². The molecule has 24 heavy (non-hydrogen) atoms. The molecule has 0 fully saturated rings. The number of benzene rings is 2. The number of aryl methyl sites for hydroxylation is 1. The van der Waals surface area contributed by atoms with Crippen LogP contribution < -0.4 is 10.0 Å². The number of hydrogen-bond donors (Lipinski definition) is 2. The van der Waals surface area contributed by atoms with Gasteiger partial charge in [-0.05, 0) is 48.7 Å². The van der Waals surface area contributed by atoms with Gasteiger partial charge < -0.3 is 5.32 Å². The molecule has 0 saturated heterocycles. The molecule has 1 atom stereocenters. The summed E-state index contributed by atoms with van der Waals surface area (Å²) in [7, 11) is -3.67. The van der Waals surface area contributed by atoms with Gasteiger partial charge in [-0.15, -0.1) is 0 Å². The van der Waals surface area contributed by atoms with Gasteiger partial charge in [0, 0.05) is 12.6 Å². The molecular formula is C18H19N3O2S. The van der Waals surface area contributed by atoms with E-state index in [0.717, 1.165) is 18.5 Å². The Morgan fingerprint density at radius 2 is 2.08 bits per heavy atom. The van der Waals surface area contributed by atoms with E-state index in [-0.39, 0.29) is 17.5 Å². The second-order valence-corrected chi connectivity index (χ2v) is 7.63. The first kappa shape index (κ1) is 16.7. The van der Waals surface area contributed by atoms with Gasteiger partial charge in [-0.1, -0.05) is 30.3 Å². The summed E-state index contributed by atoms with van der Waals surface area (Å²) in [5.41, 5.74) is 3.35. The lowest BCUT2D eigenvalue weighted by molar-refractivity contribution is 0.491. The molecule has 2 aromatic carbocycles. The van der Waals surface area contributed by atoms with Crippen LogP contribution in [0.15, 0.2) is 47.4 Å². The van der Waals surface area contributed by atoms with E-state index in [4.69, 9.17) is 5.26 Å². The fourth-order valence-corrected chi connectivity index (χ4v) is 4.32. The lowest BCUT2D eigenvalue weighted by Gasteiger charge is -2.27. The van der Waals surface area contributed by atoms with Crippen LogP contribution in [0, 0.1) is 18.3 Å². The first-order valence-corrected chi connectivity index (χ1v) is 9.31. The molecule has 2 N–H and O–H groups in total. The monoisotopic (exact) mass is 341 g/mol. The molecule has 124 valence electrons. The number of nitriles is 1. The van der Waals surface area contributed by atoms with E-state index < -0.39 is 10.0 Å². The Balaban J connectivity index is 1.81. The highest BCUT2D eigenvalue weighted by Gasteiger charge is 2.23. The van der Waals surface area contributed by atoms with Gasteiger partial charge >= 0.3 is 0 Å². The van der Waals surface area contributed by atoms with Gasteiger partial charge in [0.05, 0.1) is 16.5 Å². The average molecular weight is 341 g/mol. The molecule has 2 aromatic rings. The number of fused-ring (bicyclic) bond motifs is 1. The Hall–Kier alpha value is -2.20. The van der Waals surface area contributed by atoms with Crippen molar-refractivity contribution < 1.29 is 8.42 Å². The number of rotatable bonds is 4. The van der Waals surface area contributed by atoms with Gasteiger partial charge in [0.2, 0.25) is 10.0 Å². The molecule has 0 saturated carbocycles. The number of hydrogen-bond acceptors (Lipinski definition) is 4. The minimum absolute atomic E-state index is 0.0517. The Labute approximate surface area is 142 Å². The Bertz CT molecular complexity index is 901. The third kappa shape index (κ3) is 3.34. The molecule has 5 nitrogen and oxygen atoms in total. The highest BCUT2D eigenvalue weighted by molar-refractivity contribution is 7.89. The second-order valence-electron chi connectivity index (χ2n) is 5.90. The first-order chi connectivity index (χ1) is 11.5. The minimum Gasteiger partial charge on any atom is -0.308 e. The summed E-state index contributed by atoms with van der Waals surface area (Å²) in [6, 6.07) is 14.7. The van der Waals surface area contributed by atoms with E-state index in [1.165, 1.54) is 11.6 Å². The maximum absolute atomic E-state index is 12.6. The lowest BCUT2D eigenvalue weighted by atomic mass is 9.95. The van der Waals surface area contributed by atoms with Gasteiger partial charge in [-0.2, -0.15) is 5.26 Å². The molecule has 1 heterocycles. The van der Waals surface area contributed by atoms with Crippen LogP contribution in [0.25, 0.3) is 0 Å². The van der Waals surface area contributed by atoms with E-state index in [9.17, 15) is 8.42 Å². The van der Waals surface area contributed by atoms with Crippen LogP contribution in [0.1, 0.15) is 28.3 Å². The molecule has 0 spiro atoms. The maximum atomic E-state index is 12.6. The Kier molecular flexibility index (Phi) is 4.67. The number of sulfonamides is 1. The maximum Gasteiger partial charge on any atom is 0.240 e. The van der Waals surface area contributed by atoms with E-state index in [2.05, 4.69) is 16.1 Å². The van der Waals surface area contributed by atoms with Crippen molar-refractivity contribution in [3.05, 3.63) is 64.7 Å². The number of nitrogens with zero attached hydrogens (tertiary/aromatic N) is 1. The topological polar surface area (TPSA) is 82.0 Å². The van der Waals surface area contributed by atoms with Crippen LogP contribution in [-0.2, 0) is 16.4 Å². The van der Waals surface area contributed by atoms with Gasteiger partial charge in [-0.3, -0.25) is 0 Å². The average Bonchev–Trinajstić information content (AvgIpc) is 2.60. The van der Waals surface area contributed by atoms with Gasteiger partial charge in [0.25, 0.3) is 0 Å². The van der Waals surface area contributed by atoms with Crippen molar-refractivity contribution >= 4 is 10.0 Å². The summed E-state index contributed by atoms with van der Waals surface area (Å²) >= 11 is 0. The summed E-state index contributed by atoms with van der Waals surface area (Å²) < 4.78 is 27.9. The normalized spacial score (nSPS) is 17.1. The predicted molar refractivity (Wildman–Crippen MR) is 92.0 cm³/mol. The first-order valence-electron chi connectivity index (χ1n) is 7.83. The SMILES string of the molecule is Cc1ccc(C#N)cc1S(=O)(=O)NCC1NCCc2ccccc21. The van der Waals surface area contributed by atoms with E-state index in [0.29, 0.717) is 11.1 Å². The quantitative estimate of drug-likeness (QED) is 0.891. The molecule has 0 amide bonds. The summed E-state index contributed by atoms with van der Waals surface area (Å²) in [5.74, 6) is 0. The molecule has 1 unspecified atom stereocenters. The van der Waals surface area contributed by atoms with Gasteiger partial charge in [-0.25, -0.2) is 13.1 Å². The van der Waals surface area contributed by atoms with Gasteiger partial charge in [0.15, 0.2) is 0 Å². The van der Waals surface area contributed by atoms with Crippen LogP contribution in [0.2, 0.25) is 0 Å². The summed E-state index contributed by atoms with van der Waals surface area (Å²) in [6.07, 6.45) is 0.947. The molecule has 1 aliphatic heterocycles. The Morgan fingerprint density at radius 1 is 1.29 bits per heavy atom. The highest BCUT2D eigenvalue weighted by Crippen LogP contribution is 2.23. The molecule has 0 bridgehead atoms. The minimum atomic E-state index is -3.67. The fraction of sp³-hybridized carbons (Fsp3) is 0.278. The highest BCUT2D eigenvalue weighted by atomic mass is 32.2. The lowest BCUT2D eigenvalue weighted by Crippen LogP contribution is -2.39. The van der Waals surface area contributed by atoms with Crippen LogP contribution >= 0.6 is 0 Å². The summed E-state index contributed by atoms with van der Waals surface area (Å²) in [4.78, 5) is 0.158. The van der Waals surface area contributed by atoms with Crippen molar-refractivity contribution in [2.75, 3.05) is 13.1 Å². The van der Waals surface area contributed by atoms with Crippen molar-refractivity contribution in [3.8, 4) is 6.07 Å². The predicted octanol–water partition coefficient (Wildman–Crippen LogP) is 2.03.